The highest BCUT2D eigenvalue weighted by Gasteiger charge is 2.45. The second-order valence-corrected chi connectivity index (χ2v) is 5.84. The van der Waals surface area contributed by atoms with Gasteiger partial charge in [-0.15, -0.1) is 0 Å². The third-order valence-electron chi connectivity index (χ3n) is 4.10. The molecule has 0 aromatic heterocycles. The first kappa shape index (κ1) is 14.6. The maximum Gasteiger partial charge on any atom is 0.246 e. The summed E-state index contributed by atoms with van der Waals surface area (Å²) in [5.74, 6) is -0.0853. The Morgan fingerprint density at radius 1 is 1.25 bits per heavy atom. The van der Waals surface area contributed by atoms with Crippen molar-refractivity contribution in [3.8, 4) is 0 Å². The quantitative estimate of drug-likeness (QED) is 0.916. The zero-order valence-electron chi connectivity index (χ0n) is 12.6. The Hall–Kier alpha value is -1.84. The third kappa shape index (κ3) is 2.42. The van der Waals surface area contributed by atoms with Gasteiger partial charge in [-0.1, -0.05) is 31.2 Å². The van der Waals surface area contributed by atoms with Crippen molar-refractivity contribution in [1.29, 1.82) is 0 Å². The number of rotatable bonds is 3. The highest BCUT2D eigenvalue weighted by atomic mass is 16.2. The second kappa shape index (κ2) is 5.27. The normalized spacial score (nSPS) is 21.8. The number of hydrogen-bond acceptors (Lipinski definition) is 2. The predicted molar refractivity (Wildman–Crippen MR) is 78.0 cm³/mol. The number of piperazine rings is 1. The van der Waals surface area contributed by atoms with Crippen LogP contribution in [-0.2, 0) is 16.1 Å². The lowest BCUT2D eigenvalue weighted by Gasteiger charge is -2.44. The zero-order chi connectivity index (χ0) is 14.9. The molecule has 2 amide bonds. The fourth-order valence-electron chi connectivity index (χ4n) is 2.49. The number of nitrogens with one attached hydrogen (secondary N) is 1. The Bertz CT molecular complexity index is 537. The number of benzene rings is 1. The maximum absolute atomic E-state index is 12.5. The van der Waals surface area contributed by atoms with Gasteiger partial charge in [-0.2, -0.15) is 0 Å². The molecule has 0 bridgehead atoms. The van der Waals surface area contributed by atoms with Crippen LogP contribution in [0.15, 0.2) is 24.3 Å². The van der Waals surface area contributed by atoms with E-state index in [1.165, 1.54) is 0 Å². The average Bonchev–Trinajstić information content (AvgIpc) is 2.41. The molecule has 1 fully saturated rings. The molecule has 1 saturated heterocycles. The van der Waals surface area contributed by atoms with Gasteiger partial charge in [-0.05, 0) is 38.3 Å². The Morgan fingerprint density at radius 2 is 1.90 bits per heavy atom. The van der Waals surface area contributed by atoms with Crippen LogP contribution in [0, 0.1) is 6.92 Å². The van der Waals surface area contributed by atoms with Crippen molar-refractivity contribution in [3.05, 3.63) is 35.4 Å². The van der Waals surface area contributed by atoms with Gasteiger partial charge in [-0.3, -0.25) is 9.59 Å². The first-order chi connectivity index (χ1) is 9.37. The third-order valence-corrected chi connectivity index (χ3v) is 4.10. The summed E-state index contributed by atoms with van der Waals surface area (Å²) in [5.41, 5.74) is 1.40. The summed E-state index contributed by atoms with van der Waals surface area (Å²) >= 11 is 0. The number of hydrogen-bond donors (Lipinski definition) is 1. The summed E-state index contributed by atoms with van der Waals surface area (Å²) in [6, 6.07) is 7.56. The van der Waals surface area contributed by atoms with Crippen LogP contribution >= 0.6 is 0 Å². The topological polar surface area (TPSA) is 49.4 Å². The minimum atomic E-state index is -0.814. The number of carbonyl (C=O) groups excluding carboxylic acids is 2. The maximum atomic E-state index is 12.5. The molecule has 1 aliphatic rings. The summed E-state index contributed by atoms with van der Waals surface area (Å²) in [6.07, 6.45) is 0.616. The molecule has 1 aliphatic heterocycles. The SMILES string of the molecule is CCC1NC(=O)C(C)(C)N(Cc2ccccc2C)C1=O. The molecule has 2 rings (SSSR count). The van der Waals surface area contributed by atoms with Gasteiger partial charge in [0.2, 0.25) is 11.8 Å². The molecule has 4 nitrogen and oxygen atoms in total. The van der Waals surface area contributed by atoms with Gasteiger partial charge in [0.1, 0.15) is 11.6 Å². The van der Waals surface area contributed by atoms with E-state index in [-0.39, 0.29) is 11.8 Å². The second-order valence-electron chi connectivity index (χ2n) is 5.84. The van der Waals surface area contributed by atoms with Crippen LogP contribution < -0.4 is 5.32 Å². The van der Waals surface area contributed by atoms with Crippen molar-refractivity contribution in [2.45, 2.75) is 52.2 Å². The fraction of sp³-hybridized carbons (Fsp3) is 0.500. The van der Waals surface area contributed by atoms with Crippen LogP contribution in [0.25, 0.3) is 0 Å². The average molecular weight is 274 g/mol. The van der Waals surface area contributed by atoms with Crippen molar-refractivity contribution in [2.24, 2.45) is 0 Å². The number of carbonyl (C=O) groups is 2. The van der Waals surface area contributed by atoms with Crippen molar-refractivity contribution in [1.82, 2.24) is 10.2 Å². The van der Waals surface area contributed by atoms with Crippen molar-refractivity contribution < 1.29 is 9.59 Å². The standard InChI is InChI=1S/C16H22N2O2/c1-5-13-14(19)18(16(3,4)15(20)17-13)10-12-9-7-6-8-11(12)2/h6-9,13H,5,10H2,1-4H3,(H,17,20). The molecular weight excluding hydrogens is 252 g/mol. The van der Waals surface area contributed by atoms with E-state index in [0.717, 1.165) is 11.1 Å². The summed E-state index contributed by atoms with van der Waals surface area (Å²) in [5, 5.41) is 2.81. The molecule has 4 heteroatoms. The molecule has 1 unspecified atom stereocenters. The molecule has 1 N–H and O–H groups in total. The molecule has 20 heavy (non-hydrogen) atoms. The van der Waals surface area contributed by atoms with E-state index < -0.39 is 11.6 Å². The summed E-state index contributed by atoms with van der Waals surface area (Å²) < 4.78 is 0. The van der Waals surface area contributed by atoms with Gasteiger partial charge in [0.15, 0.2) is 0 Å². The first-order valence-corrected chi connectivity index (χ1v) is 7.05. The van der Waals surface area contributed by atoms with Crippen LogP contribution in [0.2, 0.25) is 0 Å². The van der Waals surface area contributed by atoms with E-state index in [0.29, 0.717) is 13.0 Å². The van der Waals surface area contributed by atoms with Gasteiger partial charge in [-0.25, -0.2) is 0 Å². The minimum absolute atomic E-state index is 0.000327. The number of nitrogens with zero attached hydrogens (tertiary/aromatic N) is 1. The van der Waals surface area contributed by atoms with E-state index in [1.807, 2.05) is 38.1 Å². The van der Waals surface area contributed by atoms with E-state index in [9.17, 15) is 9.59 Å². The lowest BCUT2D eigenvalue weighted by Crippen LogP contribution is -2.67. The Kier molecular flexibility index (Phi) is 3.84. The largest absolute Gasteiger partial charge is 0.342 e. The highest BCUT2D eigenvalue weighted by Crippen LogP contribution is 2.25. The summed E-state index contributed by atoms with van der Waals surface area (Å²) in [4.78, 5) is 26.5. The van der Waals surface area contributed by atoms with Crippen LogP contribution in [-0.4, -0.2) is 28.3 Å². The lowest BCUT2D eigenvalue weighted by molar-refractivity contribution is -0.156. The van der Waals surface area contributed by atoms with Crippen LogP contribution in [0.5, 0.6) is 0 Å². The van der Waals surface area contributed by atoms with Crippen LogP contribution in [0.1, 0.15) is 38.3 Å². The van der Waals surface area contributed by atoms with Gasteiger partial charge >= 0.3 is 0 Å². The van der Waals surface area contributed by atoms with Crippen molar-refractivity contribution in [2.75, 3.05) is 0 Å². The van der Waals surface area contributed by atoms with E-state index in [4.69, 9.17) is 0 Å². The predicted octanol–water partition coefficient (Wildman–Crippen LogP) is 2.01. The summed E-state index contributed by atoms with van der Waals surface area (Å²) in [6.45, 7) is 8.00. The number of amides is 2. The van der Waals surface area contributed by atoms with E-state index in [1.54, 1.807) is 18.7 Å². The molecule has 0 saturated carbocycles. The smallest absolute Gasteiger partial charge is 0.246 e. The fourth-order valence-corrected chi connectivity index (χ4v) is 2.49. The molecule has 1 aromatic carbocycles. The van der Waals surface area contributed by atoms with Crippen molar-refractivity contribution in [3.63, 3.8) is 0 Å². The molecule has 0 radical (unpaired) electrons. The van der Waals surface area contributed by atoms with Crippen LogP contribution in [0.4, 0.5) is 0 Å². The molecule has 0 aliphatic carbocycles. The Morgan fingerprint density at radius 3 is 2.50 bits per heavy atom. The number of aryl methyl sites for hydroxylation is 1. The van der Waals surface area contributed by atoms with Gasteiger partial charge in [0, 0.05) is 6.54 Å². The zero-order valence-corrected chi connectivity index (χ0v) is 12.6. The lowest BCUT2D eigenvalue weighted by atomic mass is 9.93. The van der Waals surface area contributed by atoms with E-state index in [2.05, 4.69) is 5.32 Å². The molecule has 1 heterocycles. The monoisotopic (exact) mass is 274 g/mol. The van der Waals surface area contributed by atoms with Gasteiger partial charge in [0.25, 0.3) is 0 Å². The molecule has 1 aromatic rings. The molecule has 1 atom stereocenters. The van der Waals surface area contributed by atoms with Crippen molar-refractivity contribution >= 4 is 11.8 Å². The Balaban J connectivity index is 2.33. The molecule has 108 valence electrons. The van der Waals surface area contributed by atoms with Gasteiger partial charge in [0.05, 0.1) is 0 Å². The van der Waals surface area contributed by atoms with E-state index >= 15 is 0 Å². The highest BCUT2D eigenvalue weighted by molar-refractivity contribution is 5.99. The summed E-state index contributed by atoms with van der Waals surface area (Å²) in [7, 11) is 0. The van der Waals surface area contributed by atoms with Crippen LogP contribution in [0.3, 0.4) is 0 Å². The Labute approximate surface area is 120 Å². The van der Waals surface area contributed by atoms with Gasteiger partial charge < -0.3 is 10.2 Å². The molecule has 0 spiro atoms. The minimum Gasteiger partial charge on any atom is -0.342 e. The first-order valence-electron chi connectivity index (χ1n) is 7.05. The molecular formula is C16H22N2O2.